The topological polar surface area (TPSA) is 26.3 Å². The van der Waals surface area contributed by atoms with Crippen molar-refractivity contribution in [3.8, 4) is 0 Å². The van der Waals surface area contributed by atoms with Crippen molar-refractivity contribution in [3.05, 3.63) is 12.2 Å². The second-order valence-corrected chi connectivity index (χ2v) is 8.50. The number of hydrogen-bond donors (Lipinski definition) is 0. The van der Waals surface area contributed by atoms with E-state index in [1.807, 2.05) is 0 Å². The lowest BCUT2D eigenvalue weighted by Gasteiger charge is -2.56. The van der Waals surface area contributed by atoms with Crippen molar-refractivity contribution in [1.82, 2.24) is 0 Å². The summed E-state index contributed by atoms with van der Waals surface area (Å²) in [5.41, 5.74) is 0.318. The Bertz CT molecular complexity index is 418. The van der Waals surface area contributed by atoms with Crippen molar-refractivity contribution in [2.45, 2.75) is 117 Å². The molecule has 0 N–H and O–H groups in total. The molecule has 1 fully saturated rings. The second-order valence-electron chi connectivity index (χ2n) is 8.50. The molecule has 1 aliphatic rings. The SMILES string of the molecule is C=C(C)C(=O)OC1(C)CCCC(CCCC)C1(CCCC)CCCC. The molecular formula is C23H42O2. The molecular weight excluding hydrogens is 308 g/mol. The highest BCUT2D eigenvalue weighted by atomic mass is 16.6. The maximum Gasteiger partial charge on any atom is 0.333 e. The van der Waals surface area contributed by atoms with Crippen LogP contribution in [0.15, 0.2) is 12.2 Å². The quantitative estimate of drug-likeness (QED) is 0.290. The first-order valence-corrected chi connectivity index (χ1v) is 10.8. The van der Waals surface area contributed by atoms with Crippen LogP contribution >= 0.6 is 0 Å². The lowest BCUT2D eigenvalue weighted by Crippen LogP contribution is -2.56. The molecule has 0 spiro atoms. The molecule has 2 unspecified atom stereocenters. The van der Waals surface area contributed by atoms with E-state index in [-0.39, 0.29) is 17.0 Å². The van der Waals surface area contributed by atoms with Crippen LogP contribution < -0.4 is 0 Å². The first kappa shape index (κ1) is 22.3. The minimum Gasteiger partial charge on any atom is -0.455 e. The van der Waals surface area contributed by atoms with Gasteiger partial charge >= 0.3 is 5.97 Å². The maximum absolute atomic E-state index is 12.5. The molecule has 1 saturated carbocycles. The summed E-state index contributed by atoms with van der Waals surface area (Å²) in [5.74, 6) is 0.484. The van der Waals surface area contributed by atoms with Crippen molar-refractivity contribution in [2.75, 3.05) is 0 Å². The van der Waals surface area contributed by atoms with Crippen LogP contribution in [0, 0.1) is 11.3 Å². The van der Waals surface area contributed by atoms with Crippen molar-refractivity contribution in [2.24, 2.45) is 11.3 Å². The van der Waals surface area contributed by atoms with Gasteiger partial charge < -0.3 is 4.74 Å². The zero-order valence-electron chi connectivity index (χ0n) is 17.6. The van der Waals surface area contributed by atoms with Crippen LogP contribution in [0.1, 0.15) is 112 Å². The van der Waals surface area contributed by atoms with Gasteiger partial charge in [0.2, 0.25) is 0 Å². The highest BCUT2D eigenvalue weighted by molar-refractivity contribution is 5.87. The zero-order chi connectivity index (χ0) is 18.9. The van der Waals surface area contributed by atoms with E-state index in [2.05, 4.69) is 34.3 Å². The minimum atomic E-state index is -0.343. The highest BCUT2D eigenvalue weighted by Gasteiger charge is 2.55. The summed E-state index contributed by atoms with van der Waals surface area (Å²) in [5, 5.41) is 0. The Balaban J connectivity index is 3.24. The minimum absolute atomic E-state index is 0.136. The Morgan fingerprint density at radius 1 is 1.08 bits per heavy atom. The monoisotopic (exact) mass is 350 g/mol. The van der Waals surface area contributed by atoms with Gasteiger partial charge in [0.1, 0.15) is 5.60 Å². The average Bonchev–Trinajstić information content (AvgIpc) is 2.58. The van der Waals surface area contributed by atoms with Crippen molar-refractivity contribution in [3.63, 3.8) is 0 Å². The molecule has 2 nitrogen and oxygen atoms in total. The molecule has 0 aromatic heterocycles. The van der Waals surface area contributed by atoms with Gasteiger partial charge in [-0.1, -0.05) is 65.9 Å². The van der Waals surface area contributed by atoms with Gasteiger partial charge in [0.05, 0.1) is 0 Å². The molecule has 0 amide bonds. The van der Waals surface area contributed by atoms with E-state index in [9.17, 15) is 4.79 Å². The molecule has 0 radical (unpaired) electrons. The van der Waals surface area contributed by atoms with Gasteiger partial charge in [-0.2, -0.15) is 0 Å². The molecule has 146 valence electrons. The number of unbranched alkanes of at least 4 members (excludes halogenated alkanes) is 3. The van der Waals surface area contributed by atoms with Gasteiger partial charge in [-0.3, -0.25) is 0 Å². The van der Waals surface area contributed by atoms with Crippen molar-refractivity contribution >= 4 is 5.97 Å². The molecule has 2 heteroatoms. The zero-order valence-corrected chi connectivity index (χ0v) is 17.6. The molecule has 0 aromatic carbocycles. The largest absolute Gasteiger partial charge is 0.455 e. The van der Waals surface area contributed by atoms with E-state index in [1.54, 1.807) is 6.92 Å². The van der Waals surface area contributed by atoms with Crippen LogP contribution in [0.3, 0.4) is 0 Å². The van der Waals surface area contributed by atoms with E-state index in [0.29, 0.717) is 11.5 Å². The maximum atomic E-state index is 12.5. The van der Waals surface area contributed by atoms with E-state index in [4.69, 9.17) is 4.74 Å². The highest BCUT2D eigenvalue weighted by Crippen LogP contribution is 2.57. The van der Waals surface area contributed by atoms with Gasteiger partial charge in [0.25, 0.3) is 0 Å². The lowest BCUT2D eigenvalue weighted by molar-refractivity contribution is -0.193. The van der Waals surface area contributed by atoms with E-state index >= 15 is 0 Å². The van der Waals surface area contributed by atoms with Crippen LogP contribution in [0.2, 0.25) is 0 Å². The summed E-state index contributed by atoms with van der Waals surface area (Å²) in [6.07, 6.45) is 14.5. The van der Waals surface area contributed by atoms with Crippen LogP contribution in [-0.4, -0.2) is 11.6 Å². The Morgan fingerprint density at radius 2 is 1.64 bits per heavy atom. The van der Waals surface area contributed by atoms with E-state index < -0.39 is 0 Å². The van der Waals surface area contributed by atoms with Crippen LogP contribution in [0.4, 0.5) is 0 Å². The van der Waals surface area contributed by atoms with Crippen molar-refractivity contribution < 1.29 is 9.53 Å². The first-order valence-electron chi connectivity index (χ1n) is 10.8. The van der Waals surface area contributed by atoms with Crippen molar-refractivity contribution in [1.29, 1.82) is 0 Å². The Kier molecular flexibility index (Phi) is 9.24. The number of esters is 1. The smallest absolute Gasteiger partial charge is 0.333 e. The summed E-state index contributed by atoms with van der Waals surface area (Å²) in [7, 11) is 0. The summed E-state index contributed by atoms with van der Waals surface area (Å²) in [4.78, 5) is 12.5. The molecule has 0 bridgehead atoms. The van der Waals surface area contributed by atoms with E-state index in [1.165, 1.54) is 70.6 Å². The summed E-state index contributed by atoms with van der Waals surface area (Å²) < 4.78 is 6.22. The normalized spacial score (nSPS) is 25.6. The molecule has 0 heterocycles. The Morgan fingerprint density at radius 3 is 2.12 bits per heavy atom. The number of hydrogen-bond acceptors (Lipinski definition) is 2. The molecule has 25 heavy (non-hydrogen) atoms. The standard InChI is InChI=1S/C23H42O2/c1-7-10-14-20-15-13-16-22(6,25-21(24)19(4)5)23(20,17-11-8-2)18-12-9-3/h20H,4,7-18H2,1-3,5-6H3. The van der Waals surface area contributed by atoms with E-state index in [0.717, 1.165) is 6.42 Å². The lowest BCUT2D eigenvalue weighted by atomic mass is 9.53. The third-order valence-electron chi connectivity index (χ3n) is 6.57. The summed E-state index contributed by atoms with van der Waals surface area (Å²) >= 11 is 0. The number of carbonyl (C=O) groups excluding carboxylic acids is 1. The van der Waals surface area contributed by atoms with Gasteiger partial charge in [-0.05, 0) is 58.3 Å². The van der Waals surface area contributed by atoms with Gasteiger partial charge in [-0.15, -0.1) is 0 Å². The average molecular weight is 351 g/mol. The van der Waals surface area contributed by atoms with Crippen LogP contribution in [0.5, 0.6) is 0 Å². The fourth-order valence-corrected chi connectivity index (χ4v) is 5.00. The fraction of sp³-hybridized carbons (Fsp3) is 0.870. The Hall–Kier alpha value is -0.790. The van der Waals surface area contributed by atoms with Crippen LogP contribution in [-0.2, 0) is 9.53 Å². The van der Waals surface area contributed by atoms with Crippen LogP contribution in [0.25, 0.3) is 0 Å². The molecule has 1 rings (SSSR count). The third kappa shape index (κ3) is 5.34. The molecule has 0 saturated heterocycles. The first-order chi connectivity index (χ1) is 11.9. The molecule has 0 aliphatic heterocycles. The number of rotatable bonds is 11. The molecule has 0 aromatic rings. The van der Waals surface area contributed by atoms with Gasteiger partial charge in [0, 0.05) is 11.0 Å². The summed E-state index contributed by atoms with van der Waals surface area (Å²) in [6, 6.07) is 0. The Labute approximate surface area is 156 Å². The molecule has 1 aliphatic carbocycles. The predicted octanol–water partition coefficient (Wildman–Crippen LogP) is 7.22. The second kappa shape index (κ2) is 10.4. The number of ether oxygens (including phenoxy) is 1. The fourth-order valence-electron chi connectivity index (χ4n) is 5.00. The molecule has 2 atom stereocenters. The number of carbonyl (C=O) groups is 1. The predicted molar refractivity (Wildman–Crippen MR) is 108 cm³/mol. The van der Waals surface area contributed by atoms with Gasteiger partial charge in [-0.25, -0.2) is 4.79 Å². The third-order valence-corrected chi connectivity index (χ3v) is 6.57. The van der Waals surface area contributed by atoms with Gasteiger partial charge in [0.15, 0.2) is 0 Å². The summed E-state index contributed by atoms with van der Waals surface area (Å²) in [6.45, 7) is 14.6.